The Labute approximate surface area is 159 Å². The van der Waals surface area contributed by atoms with Crippen molar-refractivity contribution < 1.29 is 18.8 Å². The maximum absolute atomic E-state index is 13.8. The second kappa shape index (κ2) is 8.97. The number of imide groups is 1. The fourth-order valence-corrected chi connectivity index (χ4v) is 3.19. The number of benzene rings is 1. The Bertz CT molecular complexity index is 709. The van der Waals surface area contributed by atoms with Gasteiger partial charge in [0.2, 0.25) is 5.91 Å². The van der Waals surface area contributed by atoms with E-state index in [1.807, 2.05) is 0 Å². The standard InChI is InChI=1S/C20H28FN3O3/c1-4-5-6-9-12-20(2)18(26)24(19(27)22-20)14-17(25)23(3)13-15-10-7-8-11-16(15)21/h7-8,10-11H,4-6,9,12-14H2,1-3H3,(H,22,27). The fourth-order valence-electron chi connectivity index (χ4n) is 3.19. The highest BCUT2D eigenvalue weighted by Crippen LogP contribution is 2.24. The molecule has 148 valence electrons. The number of urea groups is 1. The molecule has 7 heteroatoms. The third-order valence-electron chi connectivity index (χ3n) is 4.96. The van der Waals surface area contributed by atoms with E-state index >= 15 is 0 Å². The molecule has 1 N–H and O–H groups in total. The molecule has 1 aromatic rings. The molecule has 1 fully saturated rings. The Morgan fingerprint density at radius 2 is 1.93 bits per heavy atom. The van der Waals surface area contributed by atoms with Crippen molar-refractivity contribution in [2.45, 2.75) is 58.0 Å². The molecule has 27 heavy (non-hydrogen) atoms. The Hall–Kier alpha value is -2.44. The van der Waals surface area contributed by atoms with Gasteiger partial charge in [-0.25, -0.2) is 9.18 Å². The summed E-state index contributed by atoms with van der Waals surface area (Å²) in [6.07, 6.45) is 4.56. The van der Waals surface area contributed by atoms with Gasteiger partial charge in [-0.1, -0.05) is 50.8 Å². The van der Waals surface area contributed by atoms with Crippen molar-refractivity contribution in [2.24, 2.45) is 0 Å². The summed E-state index contributed by atoms with van der Waals surface area (Å²) in [5, 5.41) is 2.72. The summed E-state index contributed by atoms with van der Waals surface area (Å²) >= 11 is 0. The zero-order chi connectivity index (χ0) is 20.0. The summed E-state index contributed by atoms with van der Waals surface area (Å²) in [6, 6.07) is 5.65. The number of carbonyl (C=O) groups is 3. The van der Waals surface area contributed by atoms with Gasteiger partial charge >= 0.3 is 6.03 Å². The second-order valence-electron chi connectivity index (χ2n) is 7.31. The molecular formula is C20H28FN3O3. The number of hydrogen-bond acceptors (Lipinski definition) is 3. The van der Waals surface area contributed by atoms with Crippen LogP contribution in [-0.2, 0) is 16.1 Å². The number of unbranched alkanes of at least 4 members (excludes halogenated alkanes) is 3. The Morgan fingerprint density at radius 1 is 1.22 bits per heavy atom. The van der Waals surface area contributed by atoms with Gasteiger partial charge in [0.1, 0.15) is 17.9 Å². The first-order valence-corrected chi connectivity index (χ1v) is 9.40. The van der Waals surface area contributed by atoms with Gasteiger partial charge in [0.25, 0.3) is 5.91 Å². The minimum Gasteiger partial charge on any atom is -0.340 e. The van der Waals surface area contributed by atoms with E-state index in [0.29, 0.717) is 12.0 Å². The van der Waals surface area contributed by atoms with E-state index in [1.165, 1.54) is 18.0 Å². The van der Waals surface area contributed by atoms with Crippen LogP contribution in [0.5, 0.6) is 0 Å². The minimum atomic E-state index is -0.963. The van der Waals surface area contributed by atoms with E-state index in [1.54, 1.807) is 25.1 Å². The van der Waals surface area contributed by atoms with E-state index < -0.39 is 23.3 Å². The number of nitrogens with one attached hydrogen (secondary N) is 1. The molecule has 1 unspecified atom stereocenters. The number of hydrogen-bond donors (Lipinski definition) is 1. The van der Waals surface area contributed by atoms with Gasteiger partial charge in [-0.15, -0.1) is 0 Å². The van der Waals surface area contributed by atoms with Gasteiger partial charge in [-0.2, -0.15) is 0 Å². The first kappa shape index (κ1) is 20.9. The molecule has 0 saturated carbocycles. The Kier molecular flexibility index (Phi) is 6.93. The largest absolute Gasteiger partial charge is 0.340 e. The van der Waals surface area contributed by atoms with Crippen molar-refractivity contribution in [3.05, 3.63) is 35.6 Å². The molecule has 1 aliphatic heterocycles. The maximum atomic E-state index is 13.8. The molecule has 0 aromatic heterocycles. The molecule has 2 rings (SSSR count). The number of likely N-dealkylation sites (N-methyl/N-ethyl adjacent to an activating group) is 1. The van der Waals surface area contributed by atoms with Crippen molar-refractivity contribution >= 4 is 17.8 Å². The number of carbonyl (C=O) groups excluding carboxylic acids is 3. The molecule has 0 spiro atoms. The summed E-state index contributed by atoms with van der Waals surface area (Å²) in [6.45, 7) is 3.53. The molecule has 0 aliphatic carbocycles. The SMILES string of the molecule is CCCCCCC1(C)NC(=O)N(CC(=O)N(C)Cc2ccccc2F)C1=O. The van der Waals surface area contributed by atoms with Crippen LogP contribution in [0.2, 0.25) is 0 Å². The minimum absolute atomic E-state index is 0.0729. The lowest BCUT2D eigenvalue weighted by molar-refractivity contribution is -0.138. The van der Waals surface area contributed by atoms with Crippen LogP contribution in [0.3, 0.4) is 0 Å². The molecule has 1 heterocycles. The summed E-state index contributed by atoms with van der Waals surface area (Å²) in [4.78, 5) is 39.6. The lowest BCUT2D eigenvalue weighted by Crippen LogP contribution is -2.45. The van der Waals surface area contributed by atoms with Gasteiger partial charge in [0.05, 0.1) is 0 Å². The second-order valence-corrected chi connectivity index (χ2v) is 7.31. The first-order chi connectivity index (χ1) is 12.8. The molecule has 1 aromatic carbocycles. The van der Waals surface area contributed by atoms with Crippen LogP contribution in [0.1, 0.15) is 51.5 Å². The molecule has 1 atom stereocenters. The van der Waals surface area contributed by atoms with Crippen molar-refractivity contribution in [2.75, 3.05) is 13.6 Å². The van der Waals surface area contributed by atoms with Crippen LogP contribution >= 0.6 is 0 Å². The quantitative estimate of drug-likeness (QED) is 0.531. The zero-order valence-corrected chi connectivity index (χ0v) is 16.3. The van der Waals surface area contributed by atoms with Crippen LogP contribution in [0, 0.1) is 5.82 Å². The molecule has 4 amide bonds. The monoisotopic (exact) mass is 377 g/mol. The van der Waals surface area contributed by atoms with Gasteiger partial charge in [0, 0.05) is 19.2 Å². The summed E-state index contributed by atoms with van der Waals surface area (Å²) in [5.74, 6) is -1.19. The Morgan fingerprint density at radius 3 is 2.59 bits per heavy atom. The summed E-state index contributed by atoms with van der Waals surface area (Å²) in [5.41, 5.74) is -0.582. The molecule has 0 bridgehead atoms. The van der Waals surface area contributed by atoms with Gasteiger partial charge in [-0.05, 0) is 19.4 Å². The van der Waals surface area contributed by atoms with Crippen LogP contribution in [0.15, 0.2) is 24.3 Å². The highest BCUT2D eigenvalue weighted by atomic mass is 19.1. The number of rotatable bonds is 9. The molecule has 1 saturated heterocycles. The van der Waals surface area contributed by atoms with Crippen molar-refractivity contribution in [3.63, 3.8) is 0 Å². The average Bonchev–Trinajstić information content (AvgIpc) is 2.84. The van der Waals surface area contributed by atoms with Gasteiger partial charge < -0.3 is 10.2 Å². The average molecular weight is 377 g/mol. The fraction of sp³-hybridized carbons (Fsp3) is 0.550. The lowest BCUT2D eigenvalue weighted by atomic mass is 9.94. The van der Waals surface area contributed by atoms with Crippen molar-refractivity contribution in [1.29, 1.82) is 0 Å². The van der Waals surface area contributed by atoms with E-state index in [-0.39, 0.29) is 19.0 Å². The lowest BCUT2D eigenvalue weighted by Gasteiger charge is -2.23. The third-order valence-corrected chi connectivity index (χ3v) is 4.96. The molecule has 0 radical (unpaired) electrons. The zero-order valence-electron chi connectivity index (χ0n) is 16.3. The normalized spacial score (nSPS) is 19.3. The predicted octanol–water partition coefficient (Wildman–Crippen LogP) is 3.07. The number of halogens is 1. The smallest absolute Gasteiger partial charge is 0.325 e. The van der Waals surface area contributed by atoms with Crippen LogP contribution in [0.25, 0.3) is 0 Å². The predicted molar refractivity (Wildman–Crippen MR) is 100 cm³/mol. The highest BCUT2D eigenvalue weighted by molar-refractivity contribution is 6.08. The number of amides is 4. The van der Waals surface area contributed by atoms with Crippen LogP contribution < -0.4 is 5.32 Å². The van der Waals surface area contributed by atoms with E-state index in [4.69, 9.17) is 0 Å². The molecular weight excluding hydrogens is 349 g/mol. The molecule has 6 nitrogen and oxygen atoms in total. The van der Waals surface area contributed by atoms with E-state index in [2.05, 4.69) is 12.2 Å². The third kappa shape index (κ3) is 5.05. The van der Waals surface area contributed by atoms with Gasteiger partial charge in [-0.3, -0.25) is 14.5 Å². The maximum Gasteiger partial charge on any atom is 0.325 e. The van der Waals surface area contributed by atoms with Crippen LogP contribution in [-0.4, -0.2) is 46.8 Å². The first-order valence-electron chi connectivity index (χ1n) is 9.40. The number of nitrogens with zero attached hydrogens (tertiary/aromatic N) is 2. The molecule has 1 aliphatic rings. The van der Waals surface area contributed by atoms with Gasteiger partial charge in [0.15, 0.2) is 0 Å². The van der Waals surface area contributed by atoms with Crippen molar-refractivity contribution in [1.82, 2.24) is 15.1 Å². The Balaban J connectivity index is 1.95. The van der Waals surface area contributed by atoms with Crippen molar-refractivity contribution in [3.8, 4) is 0 Å². The van der Waals surface area contributed by atoms with Crippen LogP contribution in [0.4, 0.5) is 9.18 Å². The summed E-state index contributed by atoms with van der Waals surface area (Å²) in [7, 11) is 1.52. The van der Waals surface area contributed by atoms with E-state index in [9.17, 15) is 18.8 Å². The highest BCUT2D eigenvalue weighted by Gasteiger charge is 2.47. The summed E-state index contributed by atoms with van der Waals surface area (Å²) < 4.78 is 13.8. The topological polar surface area (TPSA) is 69.7 Å². The van der Waals surface area contributed by atoms with E-state index in [0.717, 1.165) is 30.6 Å².